The van der Waals surface area contributed by atoms with Crippen molar-refractivity contribution in [1.82, 2.24) is 4.98 Å². The maximum atomic E-state index is 13.0. The lowest BCUT2D eigenvalue weighted by atomic mass is 9.97. The molecule has 0 spiro atoms. The van der Waals surface area contributed by atoms with Gasteiger partial charge in [0.05, 0.1) is 16.6 Å². The average molecular weight is 366 g/mol. The second-order valence-electron chi connectivity index (χ2n) is 4.11. The summed E-state index contributed by atoms with van der Waals surface area (Å²) in [5.41, 5.74) is 5.58. The lowest BCUT2D eigenvalue weighted by molar-refractivity contribution is -0.138. The predicted octanol–water partition coefficient (Wildman–Crippen LogP) is 4.56. The highest BCUT2D eigenvalue weighted by Gasteiger charge is 2.34. The monoisotopic (exact) mass is 364 g/mol. The largest absolute Gasteiger partial charge is 0.416 e. The topological polar surface area (TPSA) is 38.9 Å². The van der Waals surface area contributed by atoms with Crippen LogP contribution >= 0.6 is 27.5 Å². The molecule has 2 N–H and O–H groups in total. The van der Waals surface area contributed by atoms with E-state index in [0.717, 1.165) is 18.5 Å². The van der Waals surface area contributed by atoms with E-state index < -0.39 is 17.8 Å². The quantitative estimate of drug-likeness (QED) is 0.847. The van der Waals surface area contributed by atoms with E-state index in [4.69, 9.17) is 17.3 Å². The van der Waals surface area contributed by atoms with E-state index in [0.29, 0.717) is 15.1 Å². The van der Waals surface area contributed by atoms with Crippen LogP contribution in [0.5, 0.6) is 0 Å². The van der Waals surface area contributed by atoms with Crippen LogP contribution in [0.25, 0.3) is 0 Å². The summed E-state index contributed by atoms with van der Waals surface area (Å²) in [6.45, 7) is 0. The number of aromatic nitrogens is 1. The fourth-order valence-electron chi connectivity index (χ4n) is 1.80. The Morgan fingerprint density at radius 3 is 2.55 bits per heavy atom. The molecule has 0 bridgehead atoms. The van der Waals surface area contributed by atoms with Gasteiger partial charge in [0.25, 0.3) is 0 Å². The third kappa shape index (κ3) is 3.13. The third-order valence-corrected chi connectivity index (χ3v) is 4.01. The second kappa shape index (κ2) is 5.71. The minimum atomic E-state index is -4.47. The first-order valence-corrected chi connectivity index (χ1v) is 6.69. The maximum absolute atomic E-state index is 13.0. The molecule has 0 saturated carbocycles. The van der Waals surface area contributed by atoms with Gasteiger partial charge in [-0.05, 0) is 39.7 Å². The van der Waals surface area contributed by atoms with Gasteiger partial charge in [-0.1, -0.05) is 17.7 Å². The Morgan fingerprint density at radius 2 is 1.95 bits per heavy atom. The summed E-state index contributed by atoms with van der Waals surface area (Å²) < 4.78 is 39.4. The van der Waals surface area contributed by atoms with Crippen LogP contribution in [-0.4, -0.2) is 4.98 Å². The number of hydrogen-bond acceptors (Lipinski definition) is 2. The Labute approximate surface area is 126 Å². The lowest BCUT2D eigenvalue weighted by Crippen LogP contribution is -2.18. The SMILES string of the molecule is NC(c1ccc(Cl)c(Br)c1)c1cnccc1C(F)(F)F. The number of nitrogens with zero attached hydrogens (tertiary/aromatic N) is 1. The van der Waals surface area contributed by atoms with Gasteiger partial charge in [-0.3, -0.25) is 4.98 Å². The fourth-order valence-corrected chi connectivity index (χ4v) is 2.31. The molecule has 0 radical (unpaired) electrons. The Balaban J connectivity index is 2.48. The van der Waals surface area contributed by atoms with Gasteiger partial charge in [0.1, 0.15) is 0 Å². The van der Waals surface area contributed by atoms with Gasteiger partial charge < -0.3 is 5.73 Å². The predicted molar refractivity (Wildman–Crippen MR) is 74.4 cm³/mol. The first kappa shape index (κ1) is 15.3. The van der Waals surface area contributed by atoms with Crippen molar-refractivity contribution in [2.24, 2.45) is 5.73 Å². The minimum Gasteiger partial charge on any atom is -0.320 e. The molecular formula is C13H9BrClF3N2. The average Bonchev–Trinajstić information content (AvgIpc) is 2.40. The van der Waals surface area contributed by atoms with E-state index >= 15 is 0 Å². The van der Waals surface area contributed by atoms with Crippen molar-refractivity contribution >= 4 is 27.5 Å². The van der Waals surface area contributed by atoms with Crippen molar-refractivity contribution in [1.29, 1.82) is 0 Å². The standard InChI is InChI=1S/C13H9BrClF3N2/c14-10-5-7(1-2-11(10)15)12(19)8-6-20-4-3-9(8)13(16,17)18/h1-6,12H,19H2. The van der Waals surface area contributed by atoms with Gasteiger partial charge in [0, 0.05) is 22.4 Å². The summed E-state index contributed by atoms with van der Waals surface area (Å²) in [5, 5.41) is 0.461. The van der Waals surface area contributed by atoms with E-state index in [2.05, 4.69) is 20.9 Å². The highest BCUT2D eigenvalue weighted by Crippen LogP contribution is 2.36. The second-order valence-corrected chi connectivity index (χ2v) is 5.37. The number of nitrogens with two attached hydrogens (primary N) is 1. The molecule has 0 aliphatic rings. The third-order valence-electron chi connectivity index (χ3n) is 2.80. The summed E-state index contributed by atoms with van der Waals surface area (Å²) in [4.78, 5) is 3.73. The lowest BCUT2D eigenvalue weighted by Gasteiger charge is -2.18. The molecule has 1 unspecified atom stereocenters. The maximum Gasteiger partial charge on any atom is 0.416 e. The van der Waals surface area contributed by atoms with Crippen LogP contribution in [0.15, 0.2) is 41.1 Å². The summed E-state index contributed by atoms with van der Waals surface area (Å²) >= 11 is 9.07. The Hall–Kier alpha value is -1.11. The van der Waals surface area contributed by atoms with E-state index in [-0.39, 0.29) is 5.56 Å². The van der Waals surface area contributed by atoms with Crippen molar-refractivity contribution < 1.29 is 13.2 Å². The fraction of sp³-hybridized carbons (Fsp3) is 0.154. The van der Waals surface area contributed by atoms with E-state index in [1.54, 1.807) is 18.2 Å². The molecule has 106 valence electrons. The van der Waals surface area contributed by atoms with Crippen molar-refractivity contribution in [3.05, 3.63) is 62.8 Å². The van der Waals surface area contributed by atoms with Crippen molar-refractivity contribution in [2.75, 3.05) is 0 Å². The highest BCUT2D eigenvalue weighted by molar-refractivity contribution is 9.10. The molecule has 0 aliphatic heterocycles. The molecule has 2 nitrogen and oxygen atoms in total. The van der Waals surface area contributed by atoms with Gasteiger partial charge in [0.2, 0.25) is 0 Å². The highest BCUT2D eigenvalue weighted by atomic mass is 79.9. The van der Waals surface area contributed by atoms with Gasteiger partial charge in [-0.25, -0.2) is 0 Å². The first-order chi connectivity index (χ1) is 9.30. The molecular weight excluding hydrogens is 357 g/mol. The molecule has 1 heterocycles. The van der Waals surface area contributed by atoms with Crippen LogP contribution in [0.2, 0.25) is 5.02 Å². The van der Waals surface area contributed by atoms with Crippen molar-refractivity contribution in [2.45, 2.75) is 12.2 Å². The van der Waals surface area contributed by atoms with Crippen LogP contribution in [-0.2, 0) is 6.18 Å². The zero-order valence-electron chi connectivity index (χ0n) is 9.96. The number of halogens is 5. The number of rotatable bonds is 2. The smallest absolute Gasteiger partial charge is 0.320 e. The molecule has 0 aliphatic carbocycles. The van der Waals surface area contributed by atoms with E-state index in [9.17, 15) is 13.2 Å². The minimum absolute atomic E-state index is 0.0748. The summed E-state index contributed by atoms with van der Waals surface area (Å²) in [6.07, 6.45) is -2.24. The van der Waals surface area contributed by atoms with Gasteiger partial charge in [-0.2, -0.15) is 13.2 Å². The Bertz CT molecular complexity index is 631. The van der Waals surface area contributed by atoms with Crippen LogP contribution in [0.1, 0.15) is 22.7 Å². The van der Waals surface area contributed by atoms with E-state index in [1.165, 1.54) is 0 Å². The number of alkyl halides is 3. The Kier molecular flexibility index (Phi) is 4.36. The van der Waals surface area contributed by atoms with Crippen LogP contribution in [0, 0.1) is 0 Å². The normalized spacial score (nSPS) is 13.3. The van der Waals surface area contributed by atoms with Crippen molar-refractivity contribution in [3.63, 3.8) is 0 Å². The van der Waals surface area contributed by atoms with E-state index in [1.807, 2.05) is 0 Å². The molecule has 7 heteroatoms. The first-order valence-electron chi connectivity index (χ1n) is 5.52. The van der Waals surface area contributed by atoms with Crippen LogP contribution in [0.3, 0.4) is 0 Å². The number of hydrogen-bond donors (Lipinski definition) is 1. The van der Waals surface area contributed by atoms with Gasteiger partial charge >= 0.3 is 6.18 Å². The molecule has 0 fully saturated rings. The summed E-state index contributed by atoms with van der Waals surface area (Å²) in [7, 11) is 0. The van der Waals surface area contributed by atoms with Crippen molar-refractivity contribution in [3.8, 4) is 0 Å². The van der Waals surface area contributed by atoms with Crippen LogP contribution < -0.4 is 5.73 Å². The molecule has 0 saturated heterocycles. The zero-order valence-corrected chi connectivity index (χ0v) is 12.3. The summed E-state index contributed by atoms with van der Waals surface area (Å²) in [6, 6.07) is 4.74. The zero-order chi connectivity index (χ0) is 14.9. The number of benzene rings is 1. The molecule has 1 atom stereocenters. The van der Waals surface area contributed by atoms with Gasteiger partial charge in [-0.15, -0.1) is 0 Å². The Morgan fingerprint density at radius 1 is 1.25 bits per heavy atom. The van der Waals surface area contributed by atoms with Gasteiger partial charge in [0.15, 0.2) is 0 Å². The molecule has 1 aromatic heterocycles. The molecule has 20 heavy (non-hydrogen) atoms. The number of pyridine rings is 1. The molecule has 2 rings (SSSR count). The molecule has 0 amide bonds. The summed E-state index contributed by atoms with van der Waals surface area (Å²) in [5.74, 6) is 0. The molecule has 2 aromatic rings. The molecule has 1 aromatic carbocycles. The van der Waals surface area contributed by atoms with Crippen LogP contribution in [0.4, 0.5) is 13.2 Å².